The highest BCUT2D eigenvalue weighted by molar-refractivity contribution is 6.25. The monoisotopic (exact) mass is 297 g/mol. The number of nitrogens with two attached hydrogens (primary N) is 1. The van der Waals surface area contributed by atoms with E-state index in [2.05, 4.69) is 6.07 Å². The summed E-state index contributed by atoms with van der Waals surface area (Å²) in [4.78, 5) is 13.2. The molecule has 0 radical (unpaired) electrons. The molecule has 2 nitrogen and oxygen atoms in total. The Labute approximate surface area is 134 Å². The first kappa shape index (κ1) is 13.5. The topological polar surface area (TPSA) is 43.1 Å². The van der Waals surface area contributed by atoms with Gasteiger partial charge < -0.3 is 5.73 Å². The third-order valence-corrected chi connectivity index (χ3v) is 4.20. The predicted octanol–water partition coefficient (Wildman–Crippen LogP) is 4.81. The van der Waals surface area contributed by atoms with E-state index in [9.17, 15) is 4.79 Å². The summed E-state index contributed by atoms with van der Waals surface area (Å²) in [6.45, 7) is 0. The summed E-state index contributed by atoms with van der Waals surface area (Å²) in [6.07, 6.45) is 0. The van der Waals surface area contributed by atoms with Crippen molar-refractivity contribution in [3.8, 4) is 0 Å². The van der Waals surface area contributed by atoms with E-state index in [0.717, 1.165) is 27.1 Å². The van der Waals surface area contributed by atoms with Crippen molar-refractivity contribution in [1.82, 2.24) is 0 Å². The number of para-hydroxylation sites is 1. The fraction of sp³-hybridized carbons (Fsp3) is 0. The summed E-state index contributed by atoms with van der Waals surface area (Å²) in [5.41, 5.74) is 7.80. The quantitative estimate of drug-likeness (QED) is 0.328. The van der Waals surface area contributed by atoms with Gasteiger partial charge in [0.2, 0.25) is 0 Å². The zero-order chi connectivity index (χ0) is 15.8. The Morgan fingerprint density at radius 3 is 1.83 bits per heavy atom. The number of hydrogen-bond acceptors (Lipinski definition) is 2. The predicted molar refractivity (Wildman–Crippen MR) is 95.7 cm³/mol. The molecule has 0 aliphatic rings. The summed E-state index contributed by atoms with van der Waals surface area (Å²) in [5.74, 6) is -0.0314. The molecule has 0 bridgehead atoms. The highest BCUT2D eigenvalue weighted by Crippen LogP contribution is 2.31. The van der Waals surface area contributed by atoms with E-state index in [0.29, 0.717) is 11.3 Å². The molecule has 110 valence electrons. The van der Waals surface area contributed by atoms with Crippen LogP contribution in [0.5, 0.6) is 0 Å². The molecule has 4 rings (SSSR count). The lowest BCUT2D eigenvalue weighted by Gasteiger charge is -2.12. The van der Waals surface area contributed by atoms with Crippen molar-refractivity contribution in [2.45, 2.75) is 0 Å². The van der Waals surface area contributed by atoms with Gasteiger partial charge in [-0.2, -0.15) is 0 Å². The van der Waals surface area contributed by atoms with E-state index >= 15 is 0 Å². The summed E-state index contributed by atoms with van der Waals surface area (Å²) < 4.78 is 0. The Morgan fingerprint density at radius 1 is 0.696 bits per heavy atom. The largest absolute Gasteiger partial charge is 0.398 e. The van der Waals surface area contributed by atoms with Gasteiger partial charge in [0.1, 0.15) is 0 Å². The van der Waals surface area contributed by atoms with Gasteiger partial charge in [0.05, 0.1) is 0 Å². The molecule has 23 heavy (non-hydrogen) atoms. The van der Waals surface area contributed by atoms with Gasteiger partial charge in [-0.1, -0.05) is 60.7 Å². The Kier molecular flexibility index (Phi) is 3.09. The third kappa shape index (κ3) is 2.16. The van der Waals surface area contributed by atoms with Crippen LogP contribution < -0.4 is 5.73 Å². The number of anilines is 1. The molecule has 0 fully saturated rings. The van der Waals surface area contributed by atoms with Crippen molar-refractivity contribution in [2.75, 3.05) is 5.73 Å². The van der Waals surface area contributed by atoms with E-state index in [1.807, 2.05) is 60.7 Å². The summed E-state index contributed by atoms with van der Waals surface area (Å²) in [6, 6.07) is 25.3. The molecular formula is C21H15NO. The zero-order valence-electron chi connectivity index (χ0n) is 12.5. The van der Waals surface area contributed by atoms with Crippen molar-refractivity contribution >= 4 is 33.0 Å². The molecule has 0 saturated heterocycles. The average Bonchev–Trinajstić information content (AvgIpc) is 2.59. The van der Waals surface area contributed by atoms with Gasteiger partial charge in [0, 0.05) is 16.8 Å². The zero-order valence-corrected chi connectivity index (χ0v) is 12.5. The normalized spacial score (nSPS) is 11.0. The molecule has 0 aliphatic heterocycles. The molecule has 0 atom stereocenters. The van der Waals surface area contributed by atoms with Gasteiger partial charge in [-0.15, -0.1) is 0 Å². The molecule has 0 heterocycles. The minimum Gasteiger partial charge on any atom is -0.398 e. The summed E-state index contributed by atoms with van der Waals surface area (Å²) in [7, 11) is 0. The second-order valence-corrected chi connectivity index (χ2v) is 5.61. The Hall–Kier alpha value is -3.13. The number of fused-ring (bicyclic) bond motifs is 2. The van der Waals surface area contributed by atoms with Crippen LogP contribution >= 0.6 is 0 Å². The van der Waals surface area contributed by atoms with E-state index in [1.54, 1.807) is 12.1 Å². The maximum Gasteiger partial charge on any atom is 0.196 e. The number of carbonyl (C=O) groups is 1. The lowest BCUT2D eigenvalue weighted by atomic mass is 9.91. The number of rotatable bonds is 2. The van der Waals surface area contributed by atoms with Gasteiger partial charge in [0.15, 0.2) is 5.78 Å². The molecule has 0 aromatic heterocycles. The second-order valence-electron chi connectivity index (χ2n) is 5.61. The van der Waals surface area contributed by atoms with Crippen LogP contribution in [0.2, 0.25) is 0 Å². The van der Waals surface area contributed by atoms with Gasteiger partial charge in [0.25, 0.3) is 0 Å². The number of ketones is 1. The first-order valence-corrected chi connectivity index (χ1v) is 7.55. The molecule has 4 aromatic rings. The first-order chi connectivity index (χ1) is 11.3. The molecule has 0 amide bonds. The smallest absolute Gasteiger partial charge is 0.196 e. The highest BCUT2D eigenvalue weighted by Gasteiger charge is 2.18. The van der Waals surface area contributed by atoms with Crippen LogP contribution in [0.15, 0.2) is 78.9 Å². The Balaban J connectivity index is 2.11. The highest BCUT2D eigenvalue weighted by atomic mass is 16.1. The van der Waals surface area contributed by atoms with Crippen molar-refractivity contribution in [3.05, 3.63) is 90.0 Å². The van der Waals surface area contributed by atoms with Crippen LogP contribution in [0.3, 0.4) is 0 Å². The molecule has 0 spiro atoms. The van der Waals surface area contributed by atoms with Crippen molar-refractivity contribution in [2.24, 2.45) is 0 Å². The van der Waals surface area contributed by atoms with Crippen molar-refractivity contribution in [3.63, 3.8) is 0 Å². The van der Waals surface area contributed by atoms with Crippen LogP contribution in [-0.2, 0) is 0 Å². The molecule has 0 aliphatic carbocycles. The van der Waals surface area contributed by atoms with E-state index in [-0.39, 0.29) is 5.78 Å². The molecule has 0 saturated carbocycles. The average molecular weight is 297 g/mol. The number of carbonyl (C=O) groups excluding carboxylic acids is 1. The first-order valence-electron chi connectivity index (χ1n) is 7.55. The number of nitrogen functional groups attached to an aromatic ring is 1. The van der Waals surface area contributed by atoms with E-state index in [4.69, 9.17) is 5.73 Å². The van der Waals surface area contributed by atoms with Crippen LogP contribution in [0.25, 0.3) is 21.5 Å². The standard InChI is InChI=1S/C21H15NO/c22-19-12-6-5-11-18(19)21(23)20-16-9-3-1-7-14(16)13-15-8-2-4-10-17(15)20/h1-13H,22H2. The fourth-order valence-corrected chi connectivity index (χ4v) is 3.10. The Morgan fingerprint density at radius 2 is 1.22 bits per heavy atom. The van der Waals surface area contributed by atoms with Crippen LogP contribution in [0.4, 0.5) is 5.69 Å². The molecule has 4 aromatic carbocycles. The Bertz CT molecular complexity index is 996. The second kappa shape index (κ2) is 5.25. The minimum absolute atomic E-state index is 0.0314. The summed E-state index contributed by atoms with van der Waals surface area (Å²) >= 11 is 0. The van der Waals surface area contributed by atoms with Crippen molar-refractivity contribution in [1.29, 1.82) is 0 Å². The number of hydrogen-bond donors (Lipinski definition) is 1. The van der Waals surface area contributed by atoms with Gasteiger partial charge in [-0.25, -0.2) is 0 Å². The molecule has 2 heteroatoms. The summed E-state index contributed by atoms with van der Waals surface area (Å²) in [5, 5.41) is 4.03. The van der Waals surface area contributed by atoms with Crippen LogP contribution in [0, 0.1) is 0 Å². The minimum atomic E-state index is -0.0314. The SMILES string of the molecule is Nc1ccccc1C(=O)c1c2ccccc2cc2ccccc12. The lowest BCUT2D eigenvalue weighted by Crippen LogP contribution is -2.06. The van der Waals surface area contributed by atoms with Crippen molar-refractivity contribution < 1.29 is 4.79 Å². The van der Waals surface area contributed by atoms with Gasteiger partial charge >= 0.3 is 0 Å². The maximum absolute atomic E-state index is 13.2. The third-order valence-electron chi connectivity index (χ3n) is 4.20. The lowest BCUT2D eigenvalue weighted by molar-refractivity contribution is 0.104. The van der Waals surface area contributed by atoms with Crippen LogP contribution in [0.1, 0.15) is 15.9 Å². The van der Waals surface area contributed by atoms with Gasteiger partial charge in [-0.3, -0.25) is 4.79 Å². The fourth-order valence-electron chi connectivity index (χ4n) is 3.10. The molecular weight excluding hydrogens is 282 g/mol. The maximum atomic E-state index is 13.2. The van der Waals surface area contributed by atoms with Gasteiger partial charge in [-0.05, 0) is 39.7 Å². The van der Waals surface area contributed by atoms with Crippen LogP contribution in [-0.4, -0.2) is 5.78 Å². The van der Waals surface area contributed by atoms with E-state index in [1.165, 1.54) is 0 Å². The number of benzene rings is 4. The molecule has 2 N–H and O–H groups in total. The van der Waals surface area contributed by atoms with E-state index < -0.39 is 0 Å². The molecule has 0 unspecified atom stereocenters.